The summed E-state index contributed by atoms with van der Waals surface area (Å²) in [5, 5.41) is 3.05. The van der Waals surface area contributed by atoms with Crippen LogP contribution in [0.5, 0.6) is 0 Å². The number of carbonyl (C=O) groups is 2. The molecule has 0 spiro atoms. The minimum absolute atomic E-state index is 0.0637. The van der Waals surface area contributed by atoms with E-state index in [1.54, 1.807) is 23.4 Å². The Labute approximate surface area is 210 Å². The van der Waals surface area contributed by atoms with Crippen molar-refractivity contribution in [2.75, 3.05) is 19.6 Å². The first-order valence-corrected chi connectivity index (χ1v) is 12.5. The number of nitrogens with zero attached hydrogens (tertiary/aromatic N) is 3. The lowest BCUT2D eigenvalue weighted by Crippen LogP contribution is -2.43. The highest BCUT2D eigenvalue weighted by Crippen LogP contribution is 2.29. The highest BCUT2D eigenvalue weighted by Gasteiger charge is 2.32. The van der Waals surface area contributed by atoms with Crippen LogP contribution in [0.15, 0.2) is 54.9 Å². The van der Waals surface area contributed by atoms with E-state index in [1.165, 1.54) is 23.3 Å². The highest BCUT2D eigenvalue weighted by atomic mass is 19.1. The molecule has 36 heavy (non-hydrogen) atoms. The first kappa shape index (κ1) is 24.2. The van der Waals surface area contributed by atoms with Crippen LogP contribution >= 0.6 is 0 Å². The molecule has 2 aromatic carbocycles. The fourth-order valence-electron chi connectivity index (χ4n) is 4.91. The summed E-state index contributed by atoms with van der Waals surface area (Å²) >= 11 is 0. The Morgan fingerprint density at radius 1 is 1.08 bits per heavy atom. The Balaban J connectivity index is 1.12. The first-order chi connectivity index (χ1) is 17.5. The Kier molecular flexibility index (Phi) is 7.13. The molecule has 8 heteroatoms. The van der Waals surface area contributed by atoms with Crippen LogP contribution in [0.2, 0.25) is 0 Å². The maximum absolute atomic E-state index is 13.2. The van der Waals surface area contributed by atoms with Gasteiger partial charge in [-0.15, -0.1) is 0 Å². The maximum Gasteiger partial charge on any atom is 0.274 e. The Hall–Kier alpha value is -3.52. The van der Waals surface area contributed by atoms with Gasteiger partial charge in [0, 0.05) is 25.6 Å². The van der Waals surface area contributed by atoms with Gasteiger partial charge in [-0.1, -0.05) is 42.0 Å². The summed E-state index contributed by atoms with van der Waals surface area (Å²) in [7, 11) is 0. The number of likely N-dealkylation sites (tertiary alicyclic amines) is 1. The molecule has 2 aliphatic heterocycles. The molecule has 2 amide bonds. The van der Waals surface area contributed by atoms with E-state index in [2.05, 4.69) is 41.5 Å². The molecule has 3 aromatic rings. The molecule has 3 heterocycles. The van der Waals surface area contributed by atoms with Crippen molar-refractivity contribution < 1.29 is 18.7 Å². The molecule has 0 saturated carbocycles. The molecule has 188 valence electrons. The number of fused-ring (bicyclic) bond motifs is 1. The van der Waals surface area contributed by atoms with Crippen LogP contribution in [0.4, 0.5) is 4.39 Å². The molecule has 1 atom stereocenters. The number of benzene rings is 2. The Morgan fingerprint density at radius 3 is 2.53 bits per heavy atom. The van der Waals surface area contributed by atoms with E-state index in [-0.39, 0.29) is 36.3 Å². The molecule has 0 bridgehead atoms. The molecule has 1 aromatic heterocycles. The summed E-state index contributed by atoms with van der Waals surface area (Å²) in [6.45, 7) is 4.51. The number of aromatic nitrogens is 2. The third-order valence-corrected chi connectivity index (χ3v) is 7.16. The summed E-state index contributed by atoms with van der Waals surface area (Å²) in [4.78, 5) is 32.0. The van der Waals surface area contributed by atoms with Crippen molar-refractivity contribution in [3.8, 4) is 0 Å². The number of imidazole rings is 1. The largest absolute Gasteiger partial charge is 0.365 e. The second kappa shape index (κ2) is 10.6. The average molecular weight is 491 g/mol. The highest BCUT2D eigenvalue weighted by molar-refractivity contribution is 5.93. The summed E-state index contributed by atoms with van der Waals surface area (Å²) in [6.07, 6.45) is 3.55. The van der Waals surface area contributed by atoms with E-state index < -0.39 is 0 Å². The zero-order valence-corrected chi connectivity index (χ0v) is 20.5. The van der Waals surface area contributed by atoms with Crippen molar-refractivity contribution in [3.63, 3.8) is 0 Å². The molecule has 1 N–H and O–H groups in total. The third kappa shape index (κ3) is 5.33. The second-order valence-electron chi connectivity index (χ2n) is 9.64. The fourth-order valence-corrected chi connectivity index (χ4v) is 4.91. The van der Waals surface area contributed by atoms with E-state index in [9.17, 15) is 14.0 Å². The van der Waals surface area contributed by atoms with Gasteiger partial charge in [0.15, 0.2) is 5.69 Å². The number of amides is 2. The first-order valence-electron chi connectivity index (χ1n) is 12.5. The van der Waals surface area contributed by atoms with Gasteiger partial charge in [-0.25, -0.2) is 9.37 Å². The summed E-state index contributed by atoms with van der Waals surface area (Å²) in [5.74, 6) is -0.420. The van der Waals surface area contributed by atoms with Gasteiger partial charge < -0.3 is 19.5 Å². The Bertz CT molecular complexity index is 1210. The van der Waals surface area contributed by atoms with E-state index in [0.717, 1.165) is 17.7 Å². The van der Waals surface area contributed by atoms with Gasteiger partial charge in [0.05, 0.1) is 25.2 Å². The minimum atomic E-state index is -0.283. The lowest BCUT2D eigenvalue weighted by molar-refractivity contribution is -0.126. The lowest BCUT2D eigenvalue weighted by atomic mass is 9.95. The van der Waals surface area contributed by atoms with E-state index in [0.29, 0.717) is 44.7 Å². The third-order valence-electron chi connectivity index (χ3n) is 7.16. The molecule has 0 radical (unpaired) electrons. The maximum atomic E-state index is 13.2. The van der Waals surface area contributed by atoms with Gasteiger partial charge in [0.1, 0.15) is 11.9 Å². The topological polar surface area (TPSA) is 76.5 Å². The number of aryl methyl sites for hydroxylation is 1. The lowest BCUT2D eigenvalue weighted by Gasteiger charge is -2.31. The number of nitrogens with one attached hydrogen (secondary N) is 1. The fraction of sp³-hybridized carbons (Fsp3) is 0.393. The number of ether oxygens (including phenoxy) is 1. The molecule has 7 nitrogen and oxygen atoms in total. The summed E-state index contributed by atoms with van der Waals surface area (Å²) in [5.41, 5.74) is 4.49. The van der Waals surface area contributed by atoms with Gasteiger partial charge >= 0.3 is 0 Å². The van der Waals surface area contributed by atoms with E-state index in [4.69, 9.17) is 4.74 Å². The molecular weight excluding hydrogens is 459 g/mol. The quantitative estimate of drug-likeness (QED) is 0.570. The van der Waals surface area contributed by atoms with Crippen LogP contribution in [0.3, 0.4) is 0 Å². The summed E-state index contributed by atoms with van der Waals surface area (Å²) in [6, 6.07) is 14.6. The Morgan fingerprint density at radius 2 is 1.81 bits per heavy atom. The van der Waals surface area contributed by atoms with Crippen molar-refractivity contribution in [2.24, 2.45) is 5.92 Å². The minimum Gasteiger partial charge on any atom is -0.365 e. The van der Waals surface area contributed by atoms with Crippen LogP contribution in [-0.2, 0) is 29.1 Å². The predicted molar refractivity (Wildman–Crippen MR) is 133 cm³/mol. The zero-order chi connectivity index (χ0) is 25.1. The number of hydrogen-bond donors (Lipinski definition) is 1. The molecular formula is C28H31FN4O3. The number of hydrogen-bond acceptors (Lipinski definition) is 4. The van der Waals surface area contributed by atoms with Crippen LogP contribution < -0.4 is 5.32 Å². The average Bonchev–Trinajstić information content (AvgIpc) is 3.33. The number of rotatable bonds is 6. The van der Waals surface area contributed by atoms with Gasteiger partial charge in [0.2, 0.25) is 5.91 Å². The van der Waals surface area contributed by atoms with E-state index in [1.807, 2.05) is 4.57 Å². The van der Waals surface area contributed by atoms with Gasteiger partial charge in [-0.3, -0.25) is 9.59 Å². The number of halogens is 1. The van der Waals surface area contributed by atoms with E-state index >= 15 is 0 Å². The normalized spacial score (nSPS) is 18.1. The van der Waals surface area contributed by atoms with Crippen molar-refractivity contribution in [2.45, 2.75) is 45.4 Å². The van der Waals surface area contributed by atoms with Crippen molar-refractivity contribution in [1.29, 1.82) is 0 Å². The monoisotopic (exact) mass is 490 g/mol. The number of carbonyl (C=O) groups excluding carboxylic acids is 2. The molecule has 2 aliphatic rings. The van der Waals surface area contributed by atoms with Gasteiger partial charge in [-0.2, -0.15) is 0 Å². The van der Waals surface area contributed by atoms with Gasteiger partial charge in [-0.05, 0) is 49.4 Å². The van der Waals surface area contributed by atoms with Crippen LogP contribution in [-0.4, -0.2) is 45.9 Å². The van der Waals surface area contributed by atoms with Crippen molar-refractivity contribution >= 4 is 11.8 Å². The smallest absolute Gasteiger partial charge is 0.274 e. The van der Waals surface area contributed by atoms with Crippen molar-refractivity contribution in [3.05, 3.63) is 88.8 Å². The van der Waals surface area contributed by atoms with Crippen LogP contribution in [0, 0.1) is 18.7 Å². The standard InChI is InChI=1S/C28H31FN4O3/c1-19-2-4-20(5-3-19)10-13-30-27(34)22-11-14-32(15-12-22)28(35)26-24-17-36-25(16-33(24)18-31-26)21-6-8-23(29)9-7-21/h2-9,18,22,25H,10-17H2,1H3,(H,30,34)/t25-/m1/s1. The summed E-state index contributed by atoms with van der Waals surface area (Å²) < 4.78 is 21.2. The van der Waals surface area contributed by atoms with Crippen LogP contribution in [0.25, 0.3) is 0 Å². The van der Waals surface area contributed by atoms with Crippen molar-refractivity contribution in [1.82, 2.24) is 19.8 Å². The van der Waals surface area contributed by atoms with Crippen LogP contribution in [0.1, 0.15) is 51.8 Å². The van der Waals surface area contributed by atoms with Gasteiger partial charge in [0.25, 0.3) is 5.91 Å². The molecule has 5 rings (SSSR count). The predicted octanol–water partition coefficient (Wildman–Crippen LogP) is 3.81. The molecule has 0 unspecified atom stereocenters. The zero-order valence-electron chi connectivity index (χ0n) is 20.5. The number of piperidine rings is 1. The SMILES string of the molecule is Cc1ccc(CCNC(=O)C2CCN(C(=O)c3ncn4c3CO[C@@H](c3ccc(F)cc3)C4)CC2)cc1. The second-order valence-corrected chi connectivity index (χ2v) is 9.64. The molecule has 0 aliphatic carbocycles. The molecule has 1 saturated heterocycles. The molecule has 1 fully saturated rings.